The summed E-state index contributed by atoms with van der Waals surface area (Å²) >= 11 is 9.79. The minimum absolute atomic E-state index is 0.184. The summed E-state index contributed by atoms with van der Waals surface area (Å²) in [4.78, 5) is 0.184. The second-order valence-electron chi connectivity index (χ2n) is 4.54. The van der Waals surface area contributed by atoms with Crippen molar-refractivity contribution in [2.24, 2.45) is 0 Å². The molecular formula is C16H16BrClO. The number of halogens is 2. The monoisotopic (exact) mass is 338 g/mol. The van der Waals surface area contributed by atoms with E-state index in [1.54, 1.807) is 7.11 Å². The van der Waals surface area contributed by atoms with Gasteiger partial charge in [0.2, 0.25) is 0 Å². The highest BCUT2D eigenvalue weighted by Gasteiger charge is 2.14. The average Bonchev–Trinajstić information content (AvgIpc) is 2.41. The number of aryl methyl sites for hydroxylation is 1. The predicted octanol–water partition coefficient (Wildman–Crippen LogP) is 5.34. The van der Waals surface area contributed by atoms with Crippen LogP contribution >= 0.6 is 27.5 Å². The molecule has 0 amide bonds. The van der Waals surface area contributed by atoms with Crippen molar-refractivity contribution in [3.05, 3.63) is 64.2 Å². The number of alkyl halides is 1. The van der Waals surface area contributed by atoms with Crippen molar-refractivity contribution in [2.45, 2.75) is 18.2 Å². The molecule has 1 nitrogen and oxygen atoms in total. The Morgan fingerprint density at radius 2 is 1.84 bits per heavy atom. The van der Waals surface area contributed by atoms with Crippen molar-refractivity contribution in [1.29, 1.82) is 0 Å². The molecule has 0 heterocycles. The molecule has 100 valence electrons. The van der Waals surface area contributed by atoms with E-state index in [1.807, 2.05) is 18.2 Å². The van der Waals surface area contributed by atoms with E-state index in [2.05, 4.69) is 47.1 Å². The second kappa shape index (κ2) is 6.44. The minimum atomic E-state index is 0.184. The molecule has 2 aromatic carbocycles. The van der Waals surface area contributed by atoms with Gasteiger partial charge in [-0.05, 0) is 37.1 Å². The largest absolute Gasteiger partial charge is 0.496 e. The van der Waals surface area contributed by atoms with Crippen molar-refractivity contribution < 1.29 is 4.74 Å². The molecule has 0 bridgehead atoms. The van der Waals surface area contributed by atoms with Gasteiger partial charge in [-0.3, -0.25) is 0 Å². The van der Waals surface area contributed by atoms with Gasteiger partial charge in [0.05, 0.1) is 7.11 Å². The van der Waals surface area contributed by atoms with E-state index in [0.717, 1.165) is 22.8 Å². The van der Waals surface area contributed by atoms with Crippen molar-refractivity contribution in [1.82, 2.24) is 0 Å². The van der Waals surface area contributed by atoms with Crippen LogP contribution < -0.4 is 4.74 Å². The van der Waals surface area contributed by atoms with Crippen LogP contribution in [-0.4, -0.2) is 7.11 Å². The molecule has 0 aliphatic carbocycles. The summed E-state index contributed by atoms with van der Waals surface area (Å²) in [5.41, 5.74) is 3.64. The van der Waals surface area contributed by atoms with Gasteiger partial charge < -0.3 is 4.74 Å². The number of ether oxygens (including phenoxy) is 1. The number of hydrogen-bond donors (Lipinski definition) is 0. The normalized spacial score (nSPS) is 12.2. The van der Waals surface area contributed by atoms with Crippen LogP contribution in [0.3, 0.4) is 0 Å². The Bertz CT molecular complexity index is 551. The fourth-order valence-corrected chi connectivity index (χ4v) is 2.90. The molecule has 3 heteroatoms. The van der Waals surface area contributed by atoms with Crippen LogP contribution in [0.1, 0.15) is 21.5 Å². The Balaban J connectivity index is 2.21. The van der Waals surface area contributed by atoms with Gasteiger partial charge in [-0.25, -0.2) is 0 Å². The van der Waals surface area contributed by atoms with Crippen LogP contribution in [0.5, 0.6) is 5.75 Å². The van der Waals surface area contributed by atoms with Crippen LogP contribution in [0.15, 0.2) is 42.5 Å². The highest BCUT2D eigenvalue weighted by molar-refractivity contribution is 9.09. The zero-order chi connectivity index (χ0) is 13.8. The first kappa shape index (κ1) is 14.4. The maximum absolute atomic E-state index is 6.07. The van der Waals surface area contributed by atoms with Crippen LogP contribution in [0.25, 0.3) is 0 Å². The van der Waals surface area contributed by atoms with Gasteiger partial charge in [-0.2, -0.15) is 0 Å². The standard InChI is InChI=1S/C16H16BrClO/c1-11-3-5-12(6-4-11)9-15(17)14-10-13(18)7-8-16(14)19-2/h3-8,10,15H,9H2,1-2H3. The summed E-state index contributed by atoms with van der Waals surface area (Å²) in [6, 6.07) is 14.3. The maximum atomic E-state index is 6.07. The lowest BCUT2D eigenvalue weighted by Gasteiger charge is -2.15. The van der Waals surface area contributed by atoms with E-state index in [9.17, 15) is 0 Å². The molecule has 0 aliphatic rings. The summed E-state index contributed by atoms with van der Waals surface area (Å²) in [6.07, 6.45) is 0.900. The molecule has 0 aliphatic heterocycles. The molecule has 2 aromatic rings. The van der Waals surface area contributed by atoms with E-state index < -0.39 is 0 Å². The minimum Gasteiger partial charge on any atom is -0.496 e. The molecule has 0 spiro atoms. The van der Waals surface area contributed by atoms with Crippen molar-refractivity contribution in [2.75, 3.05) is 7.11 Å². The third kappa shape index (κ3) is 3.74. The zero-order valence-corrected chi connectivity index (χ0v) is 13.3. The van der Waals surface area contributed by atoms with Gasteiger partial charge in [0, 0.05) is 15.4 Å². The molecule has 1 atom stereocenters. The van der Waals surface area contributed by atoms with E-state index in [0.29, 0.717) is 0 Å². The molecule has 19 heavy (non-hydrogen) atoms. The average molecular weight is 340 g/mol. The number of benzene rings is 2. The quantitative estimate of drug-likeness (QED) is 0.684. The molecule has 0 saturated carbocycles. The van der Waals surface area contributed by atoms with Gasteiger partial charge in [0.15, 0.2) is 0 Å². The molecule has 0 aromatic heterocycles. The SMILES string of the molecule is COc1ccc(Cl)cc1C(Br)Cc1ccc(C)cc1. The Labute approximate surface area is 127 Å². The van der Waals surface area contributed by atoms with Crippen LogP contribution in [0, 0.1) is 6.92 Å². The Hall–Kier alpha value is -0.990. The molecule has 0 fully saturated rings. The number of hydrogen-bond acceptors (Lipinski definition) is 1. The Morgan fingerprint density at radius 1 is 1.16 bits per heavy atom. The smallest absolute Gasteiger partial charge is 0.123 e. The van der Waals surface area contributed by atoms with Gasteiger partial charge in [-0.15, -0.1) is 0 Å². The molecular weight excluding hydrogens is 324 g/mol. The summed E-state index contributed by atoms with van der Waals surface area (Å²) in [5, 5.41) is 0.726. The summed E-state index contributed by atoms with van der Waals surface area (Å²) in [7, 11) is 1.68. The lowest BCUT2D eigenvalue weighted by atomic mass is 10.0. The molecule has 0 saturated heterocycles. The molecule has 2 rings (SSSR count). The first-order valence-corrected chi connectivity index (χ1v) is 7.42. The van der Waals surface area contributed by atoms with Crippen LogP contribution in [-0.2, 0) is 6.42 Å². The second-order valence-corrected chi connectivity index (χ2v) is 6.09. The van der Waals surface area contributed by atoms with E-state index in [-0.39, 0.29) is 4.83 Å². The topological polar surface area (TPSA) is 9.23 Å². The van der Waals surface area contributed by atoms with Gasteiger partial charge in [0.1, 0.15) is 5.75 Å². The van der Waals surface area contributed by atoms with Crippen molar-refractivity contribution in [3.8, 4) is 5.75 Å². The lowest BCUT2D eigenvalue weighted by Crippen LogP contribution is -1.99. The number of methoxy groups -OCH3 is 1. The fourth-order valence-electron chi connectivity index (χ4n) is 1.99. The highest BCUT2D eigenvalue weighted by Crippen LogP contribution is 2.35. The fraction of sp³-hybridized carbons (Fsp3) is 0.250. The first-order chi connectivity index (χ1) is 9.10. The summed E-state index contributed by atoms with van der Waals surface area (Å²) in [6.45, 7) is 2.09. The third-order valence-corrected chi connectivity index (χ3v) is 4.12. The molecule has 0 N–H and O–H groups in total. The van der Waals surface area contributed by atoms with E-state index >= 15 is 0 Å². The lowest BCUT2D eigenvalue weighted by molar-refractivity contribution is 0.409. The summed E-state index contributed by atoms with van der Waals surface area (Å²) in [5.74, 6) is 0.860. The predicted molar refractivity (Wildman–Crippen MR) is 84.6 cm³/mol. The van der Waals surface area contributed by atoms with E-state index in [1.165, 1.54) is 11.1 Å². The van der Waals surface area contributed by atoms with Crippen LogP contribution in [0.4, 0.5) is 0 Å². The Kier molecular flexibility index (Phi) is 4.89. The molecule has 0 radical (unpaired) electrons. The zero-order valence-electron chi connectivity index (χ0n) is 11.0. The highest BCUT2D eigenvalue weighted by atomic mass is 79.9. The van der Waals surface area contributed by atoms with Crippen LogP contribution in [0.2, 0.25) is 5.02 Å². The maximum Gasteiger partial charge on any atom is 0.123 e. The third-order valence-electron chi connectivity index (χ3n) is 3.06. The van der Waals surface area contributed by atoms with E-state index in [4.69, 9.17) is 16.3 Å². The first-order valence-electron chi connectivity index (χ1n) is 6.13. The Morgan fingerprint density at radius 3 is 2.47 bits per heavy atom. The molecule has 1 unspecified atom stereocenters. The van der Waals surface area contributed by atoms with Gasteiger partial charge in [0.25, 0.3) is 0 Å². The van der Waals surface area contributed by atoms with Gasteiger partial charge >= 0.3 is 0 Å². The summed E-state index contributed by atoms with van der Waals surface area (Å²) < 4.78 is 5.39. The van der Waals surface area contributed by atoms with Crippen molar-refractivity contribution >= 4 is 27.5 Å². The number of rotatable bonds is 4. The van der Waals surface area contributed by atoms with Crippen molar-refractivity contribution in [3.63, 3.8) is 0 Å². The van der Waals surface area contributed by atoms with Gasteiger partial charge in [-0.1, -0.05) is 57.4 Å².